The maximum Gasteiger partial charge on any atom is 0.139 e. The van der Waals surface area contributed by atoms with Crippen LogP contribution in [0.15, 0.2) is 6.33 Å². The van der Waals surface area contributed by atoms with Crippen LogP contribution in [-0.2, 0) is 0 Å². The van der Waals surface area contributed by atoms with Crippen molar-refractivity contribution < 1.29 is 5.11 Å². The molecule has 0 saturated heterocycles. The summed E-state index contributed by atoms with van der Waals surface area (Å²) in [5, 5.41) is 9.89. The zero-order valence-corrected chi connectivity index (χ0v) is 8.26. The molecule has 0 unspecified atom stereocenters. The van der Waals surface area contributed by atoms with E-state index < -0.39 is 6.10 Å². The van der Waals surface area contributed by atoms with E-state index in [1.807, 2.05) is 0 Å². The summed E-state index contributed by atoms with van der Waals surface area (Å²) in [6.07, 6.45) is 0.821. The van der Waals surface area contributed by atoms with E-state index in [2.05, 4.69) is 9.97 Å². The Morgan fingerprint density at radius 2 is 1.92 bits per heavy atom. The van der Waals surface area contributed by atoms with E-state index in [0.717, 1.165) is 0 Å². The molecule has 0 amide bonds. The molecule has 1 aromatic rings. The van der Waals surface area contributed by atoms with Crippen molar-refractivity contribution in [2.24, 2.45) is 5.73 Å². The van der Waals surface area contributed by atoms with Crippen LogP contribution in [0.2, 0.25) is 10.3 Å². The fraction of sp³-hybridized carbons (Fsp3) is 0.429. The molecule has 72 valence electrons. The minimum absolute atomic E-state index is 0.168. The summed E-state index contributed by atoms with van der Waals surface area (Å²) in [6.45, 7) is 0.350. The molecule has 1 aromatic heterocycles. The second kappa shape index (κ2) is 4.72. The highest BCUT2D eigenvalue weighted by Crippen LogP contribution is 2.28. The molecular weight excluding hydrogens is 213 g/mol. The summed E-state index contributed by atoms with van der Waals surface area (Å²) in [5.74, 6) is 0. The highest BCUT2D eigenvalue weighted by atomic mass is 35.5. The predicted octanol–water partition coefficient (Wildman–Crippen LogP) is 1.17. The van der Waals surface area contributed by atoms with E-state index in [1.165, 1.54) is 6.33 Å². The van der Waals surface area contributed by atoms with Crippen LogP contribution in [-0.4, -0.2) is 21.6 Å². The lowest BCUT2D eigenvalue weighted by Gasteiger charge is -2.11. The molecule has 0 fully saturated rings. The predicted molar refractivity (Wildman–Crippen MR) is 50.7 cm³/mol. The molecule has 3 N–H and O–H groups in total. The monoisotopic (exact) mass is 221 g/mol. The van der Waals surface area contributed by atoms with Crippen molar-refractivity contribution in [3.63, 3.8) is 0 Å². The van der Waals surface area contributed by atoms with E-state index in [1.54, 1.807) is 0 Å². The van der Waals surface area contributed by atoms with Gasteiger partial charge in [-0.05, 0) is 13.0 Å². The SMILES string of the molecule is NCC[C@@H](O)c1c(Cl)ncnc1Cl. The number of aromatic nitrogens is 2. The minimum atomic E-state index is -0.800. The van der Waals surface area contributed by atoms with E-state index in [0.29, 0.717) is 18.5 Å². The highest BCUT2D eigenvalue weighted by molar-refractivity contribution is 6.34. The summed E-state index contributed by atoms with van der Waals surface area (Å²) >= 11 is 11.4. The molecular formula is C7H9Cl2N3O. The Morgan fingerprint density at radius 3 is 2.38 bits per heavy atom. The van der Waals surface area contributed by atoms with E-state index in [9.17, 15) is 5.11 Å². The molecule has 0 aliphatic rings. The fourth-order valence-electron chi connectivity index (χ4n) is 0.932. The van der Waals surface area contributed by atoms with Gasteiger partial charge in [0.05, 0.1) is 11.7 Å². The summed E-state index contributed by atoms with van der Waals surface area (Å²) in [7, 11) is 0. The standard InChI is InChI=1S/C7H9Cl2N3O/c8-6-5(4(13)1-2-10)7(9)12-3-11-6/h3-4,13H,1-2,10H2/t4-/m1/s1. The third-order valence-corrected chi connectivity index (χ3v) is 2.16. The smallest absolute Gasteiger partial charge is 0.139 e. The molecule has 0 spiro atoms. The number of rotatable bonds is 3. The maximum absolute atomic E-state index is 9.55. The van der Waals surface area contributed by atoms with Gasteiger partial charge < -0.3 is 10.8 Å². The number of hydrogen-bond donors (Lipinski definition) is 2. The van der Waals surface area contributed by atoms with E-state index in [-0.39, 0.29) is 10.3 Å². The van der Waals surface area contributed by atoms with Crippen molar-refractivity contribution >= 4 is 23.2 Å². The summed E-state index contributed by atoms with van der Waals surface area (Å²) in [4.78, 5) is 7.42. The van der Waals surface area contributed by atoms with Crippen LogP contribution in [0.5, 0.6) is 0 Å². The van der Waals surface area contributed by atoms with Crippen LogP contribution in [0.3, 0.4) is 0 Å². The van der Waals surface area contributed by atoms with Crippen LogP contribution in [0.1, 0.15) is 18.1 Å². The van der Waals surface area contributed by atoms with Gasteiger partial charge in [-0.15, -0.1) is 0 Å². The first-order valence-corrected chi connectivity index (χ1v) is 4.46. The van der Waals surface area contributed by atoms with Crippen LogP contribution in [0, 0.1) is 0 Å². The Labute approximate surface area is 85.7 Å². The first kappa shape index (κ1) is 10.7. The van der Waals surface area contributed by atoms with Crippen LogP contribution in [0.4, 0.5) is 0 Å². The average Bonchev–Trinajstić information content (AvgIpc) is 2.04. The molecule has 0 radical (unpaired) electrons. The number of halogens is 2. The Kier molecular flexibility index (Phi) is 3.87. The van der Waals surface area contributed by atoms with Gasteiger partial charge in [-0.3, -0.25) is 0 Å². The van der Waals surface area contributed by atoms with Gasteiger partial charge in [0.15, 0.2) is 0 Å². The molecule has 1 atom stereocenters. The maximum atomic E-state index is 9.55. The Morgan fingerprint density at radius 1 is 1.38 bits per heavy atom. The molecule has 1 rings (SSSR count). The van der Waals surface area contributed by atoms with Crippen LogP contribution < -0.4 is 5.73 Å². The second-order valence-electron chi connectivity index (χ2n) is 2.46. The lowest BCUT2D eigenvalue weighted by Crippen LogP contribution is -2.08. The molecule has 0 bridgehead atoms. The number of nitrogens with zero attached hydrogens (tertiary/aromatic N) is 2. The van der Waals surface area contributed by atoms with E-state index in [4.69, 9.17) is 28.9 Å². The average molecular weight is 222 g/mol. The second-order valence-corrected chi connectivity index (χ2v) is 3.18. The Hall–Kier alpha value is -0.420. The lowest BCUT2D eigenvalue weighted by atomic mass is 10.1. The van der Waals surface area contributed by atoms with Gasteiger partial charge in [-0.2, -0.15) is 0 Å². The molecule has 0 aliphatic heterocycles. The van der Waals surface area contributed by atoms with Crippen LogP contribution >= 0.6 is 23.2 Å². The molecule has 13 heavy (non-hydrogen) atoms. The third kappa shape index (κ3) is 2.51. The van der Waals surface area contributed by atoms with Gasteiger partial charge in [0.2, 0.25) is 0 Å². The van der Waals surface area contributed by atoms with Crippen molar-refractivity contribution in [3.05, 3.63) is 22.2 Å². The lowest BCUT2D eigenvalue weighted by molar-refractivity contribution is 0.169. The van der Waals surface area contributed by atoms with Crippen molar-refractivity contribution in [2.75, 3.05) is 6.54 Å². The number of aliphatic hydroxyl groups excluding tert-OH is 1. The molecule has 6 heteroatoms. The molecule has 4 nitrogen and oxygen atoms in total. The summed E-state index contributed by atoms with van der Waals surface area (Å²) in [5.41, 5.74) is 5.62. The zero-order valence-electron chi connectivity index (χ0n) is 6.74. The van der Waals surface area contributed by atoms with Gasteiger partial charge >= 0.3 is 0 Å². The van der Waals surface area contributed by atoms with Crippen molar-refractivity contribution in [3.8, 4) is 0 Å². The molecule has 0 aromatic carbocycles. The first-order chi connectivity index (χ1) is 6.16. The summed E-state index contributed by atoms with van der Waals surface area (Å²) in [6, 6.07) is 0. The van der Waals surface area contributed by atoms with Gasteiger partial charge in [0.25, 0.3) is 0 Å². The van der Waals surface area contributed by atoms with Crippen molar-refractivity contribution in [2.45, 2.75) is 12.5 Å². The number of aliphatic hydroxyl groups is 1. The largest absolute Gasteiger partial charge is 0.388 e. The topological polar surface area (TPSA) is 72.0 Å². The first-order valence-electron chi connectivity index (χ1n) is 3.70. The van der Waals surface area contributed by atoms with Gasteiger partial charge in [0.1, 0.15) is 16.6 Å². The van der Waals surface area contributed by atoms with Gasteiger partial charge in [0, 0.05) is 0 Å². The van der Waals surface area contributed by atoms with E-state index >= 15 is 0 Å². The molecule has 0 saturated carbocycles. The van der Waals surface area contributed by atoms with Crippen molar-refractivity contribution in [1.29, 1.82) is 0 Å². The zero-order chi connectivity index (χ0) is 9.84. The summed E-state index contributed by atoms with van der Waals surface area (Å²) < 4.78 is 0. The normalized spacial score (nSPS) is 12.9. The third-order valence-electron chi connectivity index (χ3n) is 1.56. The fourth-order valence-corrected chi connectivity index (χ4v) is 1.50. The Bertz CT molecular complexity index is 275. The molecule has 1 heterocycles. The van der Waals surface area contributed by atoms with Crippen LogP contribution in [0.25, 0.3) is 0 Å². The van der Waals surface area contributed by atoms with Gasteiger partial charge in [-0.25, -0.2) is 9.97 Å². The quantitative estimate of drug-likeness (QED) is 0.753. The van der Waals surface area contributed by atoms with Gasteiger partial charge in [-0.1, -0.05) is 23.2 Å². The Balaban J connectivity index is 2.98. The number of hydrogen-bond acceptors (Lipinski definition) is 4. The number of nitrogens with two attached hydrogens (primary N) is 1. The minimum Gasteiger partial charge on any atom is -0.388 e. The molecule has 0 aliphatic carbocycles. The van der Waals surface area contributed by atoms with Crippen molar-refractivity contribution in [1.82, 2.24) is 9.97 Å². The highest BCUT2D eigenvalue weighted by Gasteiger charge is 2.16.